The van der Waals surface area contributed by atoms with Crippen molar-refractivity contribution >= 4 is 33.7 Å². The number of hydrogen-bond acceptors (Lipinski definition) is 4. The van der Waals surface area contributed by atoms with E-state index in [0.717, 1.165) is 28.6 Å². The number of halogens is 1. The minimum atomic E-state index is -0.870. The van der Waals surface area contributed by atoms with Gasteiger partial charge in [0, 0.05) is 29.3 Å². The lowest BCUT2D eigenvalue weighted by Crippen LogP contribution is -2.41. The monoisotopic (exact) mass is 370 g/mol. The van der Waals surface area contributed by atoms with Crippen molar-refractivity contribution in [2.24, 2.45) is 0 Å². The van der Waals surface area contributed by atoms with E-state index in [1.165, 1.54) is 12.0 Å². The molecule has 120 valence electrons. The second kappa shape index (κ2) is 7.00. The maximum Gasteiger partial charge on any atom is 0.407 e. The molecule has 1 aliphatic heterocycles. The van der Waals surface area contributed by atoms with E-state index >= 15 is 0 Å². The van der Waals surface area contributed by atoms with Crippen LogP contribution in [0.4, 0.5) is 10.5 Å². The fourth-order valence-electron chi connectivity index (χ4n) is 2.59. The van der Waals surface area contributed by atoms with Crippen molar-refractivity contribution in [3.05, 3.63) is 27.7 Å². The highest BCUT2D eigenvalue weighted by Crippen LogP contribution is 2.27. The number of carboxylic acid groups (broad SMARTS) is 1. The van der Waals surface area contributed by atoms with Gasteiger partial charge in [-0.25, -0.2) is 9.59 Å². The van der Waals surface area contributed by atoms with Crippen molar-refractivity contribution in [2.45, 2.75) is 25.8 Å². The molecular weight excluding hydrogens is 352 g/mol. The average Bonchev–Trinajstić information content (AvgIpc) is 2.50. The molecule has 0 bridgehead atoms. The fourth-order valence-corrected chi connectivity index (χ4v) is 3.04. The Labute approximate surface area is 137 Å². The molecule has 22 heavy (non-hydrogen) atoms. The average molecular weight is 371 g/mol. The number of carbonyl (C=O) groups is 2. The summed E-state index contributed by atoms with van der Waals surface area (Å²) in [6, 6.07) is 3.85. The van der Waals surface area contributed by atoms with Crippen LogP contribution in [0, 0.1) is 6.92 Å². The summed E-state index contributed by atoms with van der Waals surface area (Å²) in [4.78, 5) is 24.1. The molecule has 0 radical (unpaired) electrons. The van der Waals surface area contributed by atoms with Crippen molar-refractivity contribution in [1.29, 1.82) is 0 Å². The smallest absolute Gasteiger partial charge is 0.407 e. The maximum atomic E-state index is 11.8. The number of anilines is 1. The molecule has 7 heteroatoms. The van der Waals surface area contributed by atoms with Crippen molar-refractivity contribution in [2.75, 3.05) is 25.5 Å². The van der Waals surface area contributed by atoms with Gasteiger partial charge in [-0.3, -0.25) is 0 Å². The Morgan fingerprint density at radius 2 is 2.00 bits per heavy atom. The minimum absolute atomic E-state index is 0.189. The predicted octanol–water partition coefficient (Wildman–Crippen LogP) is 3.10. The van der Waals surface area contributed by atoms with E-state index in [1.54, 1.807) is 6.07 Å². The number of likely N-dealkylation sites (tertiary alicyclic amines) is 1. The van der Waals surface area contributed by atoms with E-state index in [4.69, 9.17) is 9.84 Å². The Hall–Kier alpha value is -1.76. The summed E-state index contributed by atoms with van der Waals surface area (Å²) in [5.41, 5.74) is 2.21. The number of nitrogens with one attached hydrogen (secondary N) is 1. The van der Waals surface area contributed by atoms with Gasteiger partial charge in [-0.15, -0.1) is 0 Å². The van der Waals surface area contributed by atoms with Crippen LogP contribution in [-0.4, -0.2) is 48.3 Å². The maximum absolute atomic E-state index is 11.8. The Morgan fingerprint density at radius 3 is 2.55 bits per heavy atom. The highest BCUT2D eigenvalue weighted by molar-refractivity contribution is 9.10. The third kappa shape index (κ3) is 3.71. The summed E-state index contributed by atoms with van der Waals surface area (Å²) in [5.74, 6) is -0.373. The zero-order valence-electron chi connectivity index (χ0n) is 12.6. The number of ether oxygens (including phenoxy) is 1. The van der Waals surface area contributed by atoms with Gasteiger partial charge in [0.25, 0.3) is 0 Å². The Kier molecular flexibility index (Phi) is 5.28. The van der Waals surface area contributed by atoms with Gasteiger partial charge in [0.15, 0.2) is 0 Å². The second-order valence-corrected chi connectivity index (χ2v) is 6.22. The molecule has 0 unspecified atom stereocenters. The molecule has 2 N–H and O–H groups in total. The van der Waals surface area contributed by atoms with Gasteiger partial charge >= 0.3 is 12.1 Å². The first-order chi connectivity index (χ1) is 10.4. The van der Waals surface area contributed by atoms with E-state index in [1.807, 2.05) is 13.0 Å². The molecule has 1 aromatic carbocycles. The lowest BCUT2D eigenvalue weighted by atomic mass is 10.0. The molecule has 1 fully saturated rings. The third-order valence-corrected chi connectivity index (χ3v) is 4.36. The first-order valence-corrected chi connectivity index (χ1v) is 7.84. The van der Waals surface area contributed by atoms with Crippen LogP contribution < -0.4 is 5.32 Å². The van der Waals surface area contributed by atoms with Crippen molar-refractivity contribution in [3.8, 4) is 0 Å². The molecule has 1 aromatic rings. The highest BCUT2D eigenvalue weighted by atomic mass is 79.9. The zero-order chi connectivity index (χ0) is 16.3. The molecule has 1 heterocycles. The SMILES string of the molecule is COC(=O)c1cc(Br)cc(NC2CCN(C(=O)O)CC2)c1C. The normalized spacial score (nSPS) is 15.5. The Bertz CT molecular complexity index is 583. The summed E-state index contributed by atoms with van der Waals surface area (Å²) < 4.78 is 5.59. The molecule has 0 aliphatic carbocycles. The van der Waals surface area contributed by atoms with Crippen LogP contribution in [0.15, 0.2) is 16.6 Å². The molecule has 1 saturated heterocycles. The first-order valence-electron chi connectivity index (χ1n) is 7.05. The number of hydrogen-bond donors (Lipinski definition) is 2. The van der Waals surface area contributed by atoms with E-state index in [0.29, 0.717) is 18.7 Å². The second-order valence-electron chi connectivity index (χ2n) is 5.31. The summed E-state index contributed by atoms with van der Waals surface area (Å²) >= 11 is 3.40. The van der Waals surface area contributed by atoms with Crippen LogP contribution in [0.5, 0.6) is 0 Å². The molecule has 0 saturated carbocycles. The number of benzene rings is 1. The van der Waals surface area contributed by atoms with Crippen LogP contribution in [0.1, 0.15) is 28.8 Å². The van der Waals surface area contributed by atoms with Crippen LogP contribution in [0.2, 0.25) is 0 Å². The lowest BCUT2D eigenvalue weighted by Gasteiger charge is -2.31. The van der Waals surface area contributed by atoms with Gasteiger partial charge in [0.05, 0.1) is 12.7 Å². The quantitative estimate of drug-likeness (QED) is 0.799. The van der Waals surface area contributed by atoms with E-state index in [9.17, 15) is 9.59 Å². The predicted molar refractivity (Wildman–Crippen MR) is 86.5 cm³/mol. The molecule has 0 spiro atoms. The van der Waals surface area contributed by atoms with Crippen molar-refractivity contribution < 1.29 is 19.4 Å². The van der Waals surface area contributed by atoms with Gasteiger partial charge in [0.1, 0.15) is 0 Å². The molecule has 6 nitrogen and oxygen atoms in total. The van der Waals surface area contributed by atoms with Crippen LogP contribution >= 0.6 is 15.9 Å². The molecule has 0 atom stereocenters. The Morgan fingerprint density at radius 1 is 1.36 bits per heavy atom. The number of piperidine rings is 1. The summed E-state index contributed by atoms with van der Waals surface area (Å²) in [6.45, 7) is 2.90. The number of amides is 1. The summed E-state index contributed by atoms with van der Waals surface area (Å²) in [5, 5.41) is 12.4. The Balaban J connectivity index is 2.12. The number of esters is 1. The van der Waals surface area contributed by atoms with Gasteiger partial charge in [-0.2, -0.15) is 0 Å². The molecule has 2 rings (SSSR count). The van der Waals surface area contributed by atoms with Crippen LogP contribution in [0.3, 0.4) is 0 Å². The van der Waals surface area contributed by atoms with E-state index in [2.05, 4.69) is 21.2 Å². The summed E-state index contributed by atoms with van der Waals surface area (Å²) in [7, 11) is 1.36. The molecule has 0 aromatic heterocycles. The van der Waals surface area contributed by atoms with Gasteiger partial charge in [-0.1, -0.05) is 15.9 Å². The number of methoxy groups -OCH3 is 1. The molecule has 1 aliphatic rings. The summed E-state index contributed by atoms with van der Waals surface area (Å²) in [6.07, 6.45) is 0.613. The van der Waals surface area contributed by atoms with E-state index in [-0.39, 0.29) is 12.0 Å². The minimum Gasteiger partial charge on any atom is -0.465 e. The first kappa shape index (κ1) is 16.6. The van der Waals surface area contributed by atoms with Crippen molar-refractivity contribution in [3.63, 3.8) is 0 Å². The number of carbonyl (C=O) groups excluding carboxylic acids is 1. The molecule has 1 amide bonds. The number of rotatable bonds is 3. The fraction of sp³-hybridized carbons (Fsp3) is 0.467. The zero-order valence-corrected chi connectivity index (χ0v) is 14.1. The topological polar surface area (TPSA) is 78.9 Å². The standard InChI is InChI=1S/C15H19BrN2O4/c1-9-12(14(19)22-2)7-10(16)8-13(9)17-11-3-5-18(6-4-11)15(20)21/h7-8,11,17H,3-6H2,1-2H3,(H,20,21). The highest BCUT2D eigenvalue weighted by Gasteiger charge is 2.23. The van der Waals surface area contributed by atoms with Crippen LogP contribution in [0.25, 0.3) is 0 Å². The third-order valence-electron chi connectivity index (χ3n) is 3.90. The largest absolute Gasteiger partial charge is 0.465 e. The number of nitrogens with zero attached hydrogens (tertiary/aromatic N) is 1. The van der Waals surface area contributed by atoms with Crippen molar-refractivity contribution in [1.82, 2.24) is 4.90 Å². The van der Waals surface area contributed by atoms with Gasteiger partial charge in [0.2, 0.25) is 0 Å². The van der Waals surface area contributed by atoms with Gasteiger partial charge in [-0.05, 0) is 37.5 Å². The van der Waals surface area contributed by atoms with E-state index < -0.39 is 6.09 Å². The van der Waals surface area contributed by atoms with Gasteiger partial charge < -0.3 is 20.1 Å². The van der Waals surface area contributed by atoms with Crippen LogP contribution in [-0.2, 0) is 4.74 Å². The molecular formula is C15H19BrN2O4. The lowest BCUT2D eigenvalue weighted by molar-refractivity contribution is 0.0599.